The van der Waals surface area contributed by atoms with Gasteiger partial charge in [-0.25, -0.2) is 17.8 Å². The predicted octanol–water partition coefficient (Wildman–Crippen LogP) is 1.02. The molecular formula is C8H12BrClN4O2S. The highest BCUT2D eigenvalue weighted by Crippen LogP contribution is 2.26. The van der Waals surface area contributed by atoms with Crippen LogP contribution in [0.3, 0.4) is 0 Å². The second-order valence-electron chi connectivity index (χ2n) is 3.98. The average molecular weight is 344 g/mol. The number of hydrogen-bond acceptors (Lipinski definition) is 4. The van der Waals surface area contributed by atoms with Crippen LogP contribution >= 0.6 is 27.5 Å². The van der Waals surface area contributed by atoms with E-state index in [1.165, 1.54) is 11.7 Å². The van der Waals surface area contributed by atoms with Crippen molar-refractivity contribution in [1.82, 2.24) is 19.7 Å². The van der Waals surface area contributed by atoms with Crippen LogP contribution in [0.1, 0.15) is 19.3 Å². The van der Waals surface area contributed by atoms with E-state index in [1.54, 1.807) is 0 Å². The molecule has 6 nitrogen and oxygen atoms in total. The fourth-order valence-electron chi connectivity index (χ4n) is 1.91. The maximum atomic E-state index is 12.1. The molecule has 17 heavy (non-hydrogen) atoms. The molecule has 2 rings (SSSR count). The van der Waals surface area contributed by atoms with E-state index in [4.69, 9.17) is 11.6 Å². The fourth-order valence-corrected chi connectivity index (χ4v) is 4.73. The van der Waals surface area contributed by atoms with Crippen LogP contribution in [-0.2, 0) is 17.1 Å². The summed E-state index contributed by atoms with van der Waals surface area (Å²) in [6, 6.07) is -0.219. The number of sulfonamides is 1. The maximum absolute atomic E-state index is 12.1. The third kappa shape index (κ3) is 2.64. The number of aromatic nitrogens is 3. The van der Waals surface area contributed by atoms with Crippen LogP contribution in [0.25, 0.3) is 0 Å². The first-order valence-corrected chi connectivity index (χ1v) is 7.84. The molecule has 1 heterocycles. The lowest BCUT2D eigenvalue weighted by atomic mass is 10.3. The summed E-state index contributed by atoms with van der Waals surface area (Å²) in [5.74, 6) is 0. The molecule has 0 aliphatic heterocycles. The second kappa shape index (κ2) is 4.83. The molecule has 1 aliphatic rings. The summed E-state index contributed by atoms with van der Waals surface area (Å²) in [6.07, 6.45) is 2.53. The molecule has 0 spiro atoms. The first-order chi connectivity index (χ1) is 7.92. The Bertz CT molecular complexity index is 498. The van der Waals surface area contributed by atoms with Gasteiger partial charge in [0.2, 0.25) is 5.03 Å². The normalized spacial score (nSPS) is 25.4. The summed E-state index contributed by atoms with van der Waals surface area (Å²) in [7, 11) is -2.11. The lowest BCUT2D eigenvalue weighted by Crippen LogP contribution is -2.38. The van der Waals surface area contributed by atoms with Crippen molar-refractivity contribution in [3.05, 3.63) is 4.60 Å². The lowest BCUT2D eigenvalue weighted by Gasteiger charge is -2.15. The van der Waals surface area contributed by atoms with Gasteiger partial charge in [0.25, 0.3) is 10.0 Å². The summed E-state index contributed by atoms with van der Waals surface area (Å²) in [6.45, 7) is 0. The van der Waals surface area contributed by atoms with Crippen molar-refractivity contribution >= 4 is 37.6 Å². The zero-order valence-corrected chi connectivity index (χ0v) is 12.3. The Labute approximate surface area is 113 Å². The molecule has 2 unspecified atom stereocenters. The van der Waals surface area contributed by atoms with E-state index in [0.29, 0.717) is 0 Å². The van der Waals surface area contributed by atoms with Gasteiger partial charge in [0.05, 0.1) is 0 Å². The lowest BCUT2D eigenvalue weighted by molar-refractivity contribution is 0.537. The highest BCUT2D eigenvalue weighted by atomic mass is 79.9. The molecule has 0 saturated heterocycles. The zero-order chi connectivity index (χ0) is 12.6. The van der Waals surface area contributed by atoms with E-state index in [1.807, 2.05) is 0 Å². The Kier molecular flexibility index (Phi) is 3.77. The summed E-state index contributed by atoms with van der Waals surface area (Å²) in [5, 5.41) is 7.17. The van der Waals surface area contributed by atoms with Gasteiger partial charge >= 0.3 is 0 Å². The van der Waals surface area contributed by atoms with E-state index in [2.05, 4.69) is 31.0 Å². The van der Waals surface area contributed by atoms with Gasteiger partial charge in [0.15, 0.2) is 4.60 Å². The van der Waals surface area contributed by atoms with Gasteiger partial charge in [-0.2, -0.15) is 0 Å². The molecule has 1 aromatic rings. The largest absolute Gasteiger partial charge is 0.260 e. The Morgan fingerprint density at radius 1 is 1.53 bits per heavy atom. The number of rotatable bonds is 3. The summed E-state index contributed by atoms with van der Waals surface area (Å²) >= 11 is 9.12. The SMILES string of the molecule is Cn1nnc(Br)c1S(=O)(=O)NC1CCCC1Cl. The Morgan fingerprint density at radius 3 is 2.71 bits per heavy atom. The molecular weight excluding hydrogens is 332 g/mol. The summed E-state index contributed by atoms with van der Waals surface area (Å²) in [5.41, 5.74) is 0. The van der Waals surface area contributed by atoms with E-state index in [-0.39, 0.29) is 21.0 Å². The van der Waals surface area contributed by atoms with Crippen molar-refractivity contribution in [1.29, 1.82) is 0 Å². The molecule has 0 bridgehead atoms. The summed E-state index contributed by atoms with van der Waals surface area (Å²) < 4.78 is 28.3. The molecule has 0 radical (unpaired) electrons. The first kappa shape index (κ1) is 13.3. The van der Waals surface area contributed by atoms with Gasteiger partial charge in [0, 0.05) is 18.5 Å². The van der Waals surface area contributed by atoms with Crippen LogP contribution in [-0.4, -0.2) is 34.8 Å². The number of nitrogens with one attached hydrogen (secondary N) is 1. The standard InChI is InChI=1S/C8H12BrClN4O2S/c1-14-8(7(9)11-13-14)17(15,16)12-6-4-2-3-5(6)10/h5-6,12H,2-4H2,1H3. The van der Waals surface area contributed by atoms with Crippen LogP contribution in [0, 0.1) is 0 Å². The number of nitrogens with zero attached hydrogens (tertiary/aromatic N) is 3. The number of alkyl halides is 1. The fraction of sp³-hybridized carbons (Fsp3) is 0.750. The molecule has 96 valence electrons. The molecule has 2 atom stereocenters. The Morgan fingerprint density at radius 2 is 2.24 bits per heavy atom. The van der Waals surface area contributed by atoms with Crippen molar-refractivity contribution in [2.75, 3.05) is 0 Å². The van der Waals surface area contributed by atoms with Gasteiger partial charge in [0.1, 0.15) is 0 Å². The Hall–Kier alpha value is -0.180. The van der Waals surface area contributed by atoms with E-state index in [9.17, 15) is 8.42 Å². The highest BCUT2D eigenvalue weighted by Gasteiger charge is 2.32. The molecule has 9 heteroatoms. The van der Waals surface area contributed by atoms with Gasteiger partial charge in [-0.05, 0) is 28.8 Å². The monoisotopic (exact) mass is 342 g/mol. The minimum Gasteiger partial charge on any atom is -0.235 e. The van der Waals surface area contributed by atoms with E-state index >= 15 is 0 Å². The van der Waals surface area contributed by atoms with Crippen LogP contribution in [0.15, 0.2) is 9.63 Å². The smallest absolute Gasteiger partial charge is 0.235 e. The van der Waals surface area contributed by atoms with Gasteiger partial charge < -0.3 is 0 Å². The van der Waals surface area contributed by atoms with Gasteiger partial charge in [-0.15, -0.1) is 16.7 Å². The van der Waals surface area contributed by atoms with Crippen molar-refractivity contribution in [3.63, 3.8) is 0 Å². The minimum absolute atomic E-state index is 0.0215. The number of aryl methyl sites for hydroxylation is 1. The van der Waals surface area contributed by atoms with E-state index < -0.39 is 10.0 Å². The molecule has 1 fully saturated rings. The second-order valence-corrected chi connectivity index (χ2v) is 6.92. The van der Waals surface area contributed by atoms with E-state index in [0.717, 1.165) is 19.3 Å². The minimum atomic E-state index is -3.64. The maximum Gasteiger partial charge on any atom is 0.260 e. The van der Waals surface area contributed by atoms with Gasteiger partial charge in [-0.1, -0.05) is 11.6 Å². The van der Waals surface area contributed by atoms with Crippen molar-refractivity contribution in [2.24, 2.45) is 7.05 Å². The average Bonchev–Trinajstić information content (AvgIpc) is 2.74. The highest BCUT2D eigenvalue weighted by molar-refractivity contribution is 9.10. The quantitative estimate of drug-likeness (QED) is 0.831. The molecule has 0 aromatic carbocycles. The van der Waals surface area contributed by atoms with Gasteiger partial charge in [-0.3, -0.25) is 0 Å². The van der Waals surface area contributed by atoms with Crippen molar-refractivity contribution < 1.29 is 8.42 Å². The topological polar surface area (TPSA) is 76.9 Å². The number of hydrogen-bond donors (Lipinski definition) is 1. The molecule has 0 amide bonds. The molecule has 1 aliphatic carbocycles. The number of halogens is 2. The van der Waals surface area contributed by atoms with Crippen LogP contribution < -0.4 is 4.72 Å². The molecule has 1 N–H and O–H groups in total. The predicted molar refractivity (Wildman–Crippen MR) is 66.3 cm³/mol. The first-order valence-electron chi connectivity index (χ1n) is 5.13. The van der Waals surface area contributed by atoms with Crippen molar-refractivity contribution in [2.45, 2.75) is 35.7 Å². The van der Waals surface area contributed by atoms with Crippen molar-refractivity contribution in [3.8, 4) is 0 Å². The third-order valence-corrected chi connectivity index (χ3v) is 5.63. The van der Waals surface area contributed by atoms with Crippen LogP contribution in [0.2, 0.25) is 0 Å². The van der Waals surface area contributed by atoms with Crippen LogP contribution in [0.5, 0.6) is 0 Å². The molecule has 1 aromatic heterocycles. The van der Waals surface area contributed by atoms with Crippen LogP contribution in [0.4, 0.5) is 0 Å². The Balaban J connectivity index is 2.25. The zero-order valence-electron chi connectivity index (χ0n) is 9.10. The summed E-state index contributed by atoms with van der Waals surface area (Å²) in [4.78, 5) is 0. The molecule has 1 saturated carbocycles. The third-order valence-electron chi connectivity index (χ3n) is 2.73.